The number of hydrogen-bond acceptors (Lipinski definition) is 7. The molecule has 1 N–H and O–H groups in total. The molecule has 0 aromatic heterocycles. The first-order valence-electron chi connectivity index (χ1n) is 9.89. The van der Waals surface area contributed by atoms with Gasteiger partial charge in [0.25, 0.3) is 0 Å². The number of methoxy groups -OCH3 is 2. The van der Waals surface area contributed by atoms with Crippen molar-refractivity contribution in [2.45, 2.75) is 25.5 Å². The molecule has 1 saturated heterocycles. The molecule has 7 nitrogen and oxygen atoms in total. The predicted octanol–water partition coefficient (Wildman–Crippen LogP) is 1.39. The number of piperidine rings is 1. The highest BCUT2D eigenvalue weighted by atomic mass is 16.5. The van der Waals surface area contributed by atoms with Crippen LogP contribution in [0.3, 0.4) is 0 Å². The largest absolute Gasteiger partial charge is 0.491 e. The molecular formula is C21H34N2O5. The average molecular weight is 395 g/mol. The lowest BCUT2D eigenvalue weighted by molar-refractivity contribution is -0.147. The molecule has 1 aromatic carbocycles. The lowest BCUT2D eigenvalue weighted by Crippen LogP contribution is -2.42. The second-order valence-electron chi connectivity index (χ2n) is 7.44. The van der Waals surface area contributed by atoms with Crippen molar-refractivity contribution in [3.05, 3.63) is 29.8 Å². The van der Waals surface area contributed by atoms with Crippen LogP contribution >= 0.6 is 0 Å². The van der Waals surface area contributed by atoms with E-state index < -0.39 is 6.10 Å². The molecule has 1 atom stereocenters. The van der Waals surface area contributed by atoms with Crippen molar-refractivity contribution in [2.75, 3.05) is 60.7 Å². The molecule has 7 heteroatoms. The van der Waals surface area contributed by atoms with Crippen molar-refractivity contribution in [2.24, 2.45) is 5.92 Å². The van der Waals surface area contributed by atoms with E-state index in [-0.39, 0.29) is 18.5 Å². The fraction of sp³-hybridized carbons (Fsp3) is 0.667. The van der Waals surface area contributed by atoms with Crippen molar-refractivity contribution < 1.29 is 24.1 Å². The third-order valence-electron chi connectivity index (χ3n) is 5.06. The number of β-amino-alcohol motifs (C(OH)–C–C–N with tert-alkyl or cyclic N) is 1. The summed E-state index contributed by atoms with van der Waals surface area (Å²) in [6, 6.07) is 7.96. The number of benzene rings is 1. The van der Waals surface area contributed by atoms with Gasteiger partial charge in [0.15, 0.2) is 0 Å². The van der Waals surface area contributed by atoms with Gasteiger partial charge in [-0.2, -0.15) is 0 Å². The van der Waals surface area contributed by atoms with Gasteiger partial charge in [0, 0.05) is 26.7 Å². The van der Waals surface area contributed by atoms with Crippen molar-refractivity contribution in [3.63, 3.8) is 0 Å². The molecule has 0 amide bonds. The van der Waals surface area contributed by atoms with Crippen LogP contribution in [0.25, 0.3) is 0 Å². The third-order valence-corrected chi connectivity index (χ3v) is 5.06. The van der Waals surface area contributed by atoms with Gasteiger partial charge in [0.1, 0.15) is 18.5 Å². The van der Waals surface area contributed by atoms with E-state index in [1.807, 2.05) is 18.2 Å². The van der Waals surface area contributed by atoms with E-state index >= 15 is 0 Å². The van der Waals surface area contributed by atoms with Crippen LogP contribution in [-0.4, -0.2) is 87.6 Å². The van der Waals surface area contributed by atoms with Crippen molar-refractivity contribution >= 4 is 5.97 Å². The summed E-state index contributed by atoms with van der Waals surface area (Å²) in [5, 5.41) is 10.3. The van der Waals surface area contributed by atoms with Crippen LogP contribution in [0, 0.1) is 5.92 Å². The van der Waals surface area contributed by atoms with E-state index in [1.54, 1.807) is 7.11 Å². The summed E-state index contributed by atoms with van der Waals surface area (Å²) in [5.74, 6) is 0.622. The molecule has 0 saturated carbocycles. The third kappa shape index (κ3) is 7.75. The minimum atomic E-state index is -0.567. The van der Waals surface area contributed by atoms with Crippen LogP contribution < -0.4 is 4.74 Å². The molecule has 1 aromatic rings. The Hall–Kier alpha value is -1.67. The zero-order chi connectivity index (χ0) is 20.4. The Kier molecular flexibility index (Phi) is 9.70. The number of likely N-dealkylation sites (tertiary alicyclic amines) is 1. The van der Waals surface area contributed by atoms with Gasteiger partial charge in [0.05, 0.1) is 19.6 Å². The highest BCUT2D eigenvalue weighted by Gasteiger charge is 2.26. The lowest BCUT2D eigenvalue weighted by atomic mass is 9.97. The van der Waals surface area contributed by atoms with E-state index in [0.29, 0.717) is 13.2 Å². The number of ether oxygens (including phenoxy) is 3. The van der Waals surface area contributed by atoms with E-state index in [0.717, 1.165) is 50.3 Å². The average Bonchev–Trinajstić information content (AvgIpc) is 2.71. The second kappa shape index (κ2) is 12.0. The highest BCUT2D eigenvalue weighted by molar-refractivity contribution is 5.72. The highest BCUT2D eigenvalue weighted by Crippen LogP contribution is 2.19. The molecule has 1 unspecified atom stereocenters. The van der Waals surface area contributed by atoms with Gasteiger partial charge in [-0.15, -0.1) is 0 Å². The number of likely N-dealkylation sites (N-methyl/N-ethyl adjacent to an activating group) is 1. The van der Waals surface area contributed by atoms with Crippen molar-refractivity contribution in [1.82, 2.24) is 9.80 Å². The van der Waals surface area contributed by atoms with E-state index in [2.05, 4.69) is 22.9 Å². The number of hydrogen-bond donors (Lipinski definition) is 1. The molecule has 0 radical (unpaired) electrons. The lowest BCUT2D eigenvalue weighted by Gasteiger charge is -2.31. The zero-order valence-corrected chi connectivity index (χ0v) is 17.3. The van der Waals surface area contributed by atoms with E-state index in [1.165, 1.54) is 7.11 Å². The van der Waals surface area contributed by atoms with Crippen LogP contribution in [0.15, 0.2) is 24.3 Å². The topological polar surface area (TPSA) is 71.5 Å². The maximum Gasteiger partial charge on any atom is 0.308 e. The SMILES string of the molecule is COCCN(C)Cc1cccc(OCC(O)CN2CCC(C(=O)OC)CC2)c1. The molecule has 28 heavy (non-hydrogen) atoms. The number of aliphatic hydroxyl groups is 1. The molecule has 0 bridgehead atoms. The quantitative estimate of drug-likeness (QED) is 0.569. The van der Waals surface area contributed by atoms with Gasteiger partial charge in [-0.1, -0.05) is 12.1 Å². The Bertz CT molecular complexity index is 590. The molecular weight excluding hydrogens is 360 g/mol. The Morgan fingerprint density at radius 1 is 1.32 bits per heavy atom. The monoisotopic (exact) mass is 394 g/mol. The van der Waals surface area contributed by atoms with Crippen molar-refractivity contribution in [3.8, 4) is 5.75 Å². The first kappa shape index (κ1) is 22.6. The summed E-state index contributed by atoms with van der Waals surface area (Å²) < 4.78 is 15.7. The van der Waals surface area contributed by atoms with Gasteiger partial charge in [-0.3, -0.25) is 9.69 Å². The van der Waals surface area contributed by atoms with Gasteiger partial charge < -0.3 is 24.2 Å². The number of carbonyl (C=O) groups excluding carboxylic acids is 1. The summed E-state index contributed by atoms with van der Waals surface area (Å²) in [4.78, 5) is 15.9. The van der Waals surface area contributed by atoms with Crippen LogP contribution in [0.1, 0.15) is 18.4 Å². The fourth-order valence-electron chi connectivity index (χ4n) is 3.43. The predicted molar refractivity (Wildman–Crippen MR) is 107 cm³/mol. The summed E-state index contributed by atoms with van der Waals surface area (Å²) in [6.07, 6.45) is 0.986. The van der Waals surface area contributed by atoms with E-state index in [9.17, 15) is 9.90 Å². The zero-order valence-electron chi connectivity index (χ0n) is 17.3. The molecule has 0 aliphatic carbocycles. The standard InChI is InChI=1S/C21H34N2O5/c1-22(11-12-26-2)14-17-5-4-6-20(13-17)28-16-19(24)15-23-9-7-18(8-10-23)21(25)27-3/h4-6,13,18-19,24H,7-12,14-16H2,1-3H3. The molecule has 1 heterocycles. The number of nitrogens with zero attached hydrogens (tertiary/aromatic N) is 2. The van der Waals surface area contributed by atoms with E-state index in [4.69, 9.17) is 14.2 Å². The molecule has 2 rings (SSSR count). The normalized spacial score (nSPS) is 16.9. The Morgan fingerprint density at radius 3 is 2.75 bits per heavy atom. The minimum absolute atomic E-state index is 0.0144. The van der Waals surface area contributed by atoms with Crippen molar-refractivity contribution in [1.29, 1.82) is 0 Å². The summed E-state index contributed by atoms with van der Waals surface area (Å²) in [5.41, 5.74) is 1.16. The molecule has 158 valence electrons. The van der Waals surface area contributed by atoms with Gasteiger partial charge in [-0.05, 0) is 50.7 Å². The van der Waals surface area contributed by atoms with Gasteiger partial charge in [-0.25, -0.2) is 0 Å². The fourth-order valence-corrected chi connectivity index (χ4v) is 3.43. The minimum Gasteiger partial charge on any atom is -0.491 e. The second-order valence-corrected chi connectivity index (χ2v) is 7.44. The van der Waals surface area contributed by atoms with Gasteiger partial charge >= 0.3 is 5.97 Å². The Balaban J connectivity index is 1.72. The molecule has 0 spiro atoms. The number of esters is 1. The first-order valence-corrected chi connectivity index (χ1v) is 9.89. The molecule has 1 aliphatic rings. The Labute approximate surface area is 168 Å². The molecule has 1 aliphatic heterocycles. The summed E-state index contributed by atoms with van der Waals surface area (Å²) in [6.45, 7) is 4.77. The molecule has 1 fully saturated rings. The number of rotatable bonds is 11. The maximum atomic E-state index is 11.6. The summed E-state index contributed by atoms with van der Waals surface area (Å²) >= 11 is 0. The number of aliphatic hydroxyl groups excluding tert-OH is 1. The number of carbonyl (C=O) groups is 1. The maximum absolute atomic E-state index is 11.6. The van der Waals surface area contributed by atoms with Crippen LogP contribution in [0.4, 0.5) is 0 Å². The van der Waals surface area contributed by atoms with Gasteiger partial charge in [0.2, 0.25) is 0 Å². The Morgan fingerprint density at radius 2 is 2.07 bits per heavy atom. The van der Waals surface area contributed by atoms with Crippen LogP contribution in [0.5, 0.6) is 5.75 Å². The summed E-state index contributed by atoms with van der Waals surface area (Å²) in [7, 11) is 5.19. The van der Waals surface area contributed by atoms with Crippen LogP contribution in [-0.2, 0) is 20.8 Å². The van der Waals surface area contributed by atoms with Crippen LogP contribution in [0.2, 0.25) is 0 Å². The first-order chi connectivity index (χ1) is 13.5. The smallest absolute Gasteiger partial charge is 0.308 e.